The molecular weight excluding hydrogens is 366 g/mol. The number of nitrogens with zero attached hydrogens (tertiary/aromatic N) is 1. The van der Waals surface area contributed by atoms with Gasteiger partial charge in [0, 0.05) is 31.0 Å². The number of rotatable bonds is 7. The summed E-state index contributed by atoms with van der Waals surface area (Å²) in [6.45, 7) is 4.53. The number of carbonyl (C=O) groups excluding carboxylic acids is 2. The Bertz CT molecular complexity index is 769. The second-order valence-electron chi connectivity index (χ2n) is 6.56. The van der Waals surface area contributed by atoms with Crippen molar-refractivity contribution in [2.24, 2.45) is 5.92 Å². The van der Waals surface area contributed by atoms with Gasteiger partial charge in [-0.15, -0.1) is 0 Å². The maximum absolute atomic E-state index is 12.5. The zero-order valence-electron chi connectivity index (χ0n) is 15.7. The molecule has 0 spiro atoms. The molecule has 27 heavy (non-hydrogen) atoms. The number of hydrogen-bond donors (Lipinski definition) is 2. The number of nitrogens with one attached hydrogen (secondary N) is 2. The van der Waals surface area contributed by atoms with Crippen molar-refractivity contribution in [3.05, 3.63) is 41.3 Å². The molecule has 1 saturated heterocycles. The zero-order valence-corrected chi connectivity index (χ0v) is 16.5. The molecule has 1 aliphatic heterocycles. The van der Waals surface area contributed by atoms with Crippen LogP contribution in [0.4, 0.5) is 0 Å². The molecule has 0 radical (unpaired) electrons. The van der Waals surface area contributed by atoms with Crippen LogP contribution in [0.15, 0.2) is 35.7 Å². The van der Waals surface area contributed by atoms with Crippen molar-refractivity contribution in [3.8, 4) is 0 Å². The predicted octanol–water partition coefficient (Wildman–Crippen LogP) is 1.34. The zero-order chi connectivity index (χ0) is 19.9. The fourth-order valence-electron chi connectivity index (χ4n) is 2.91. The lowest BCUT2D eigenvalue weighted by Gasteiger charge is -2.30. The van der Waals surface area contributed by atoms with Gasteiger partial charge < -0.3 is 10.6 Å². The van der Waals surface area contributed by atoms with Crippen LogP contribution >= 0.6 is 0 Å². The molecule has 1 fully saturated rings. The van der Waals surface area contributed by atoms with E-state index in [0.29, 0.717) is 19.4 Å². The van der Waals surface area contributed by atoms with Gasteiger partial charge >= 0.3 is 0 Å². The van der Waals surface area contributed by atoms with Crippen molar-refractivity contribution >= 4 is 27.9 Å². The van der Waals surface area contributed by atoms with Gasteiger partial charge in [0.25, 0.3) is 0 Å². The summed E-state index contributed by atoms with van der Waals surface area (Å²) in [5, 5.41) is 6.57. The molecule has 2 N–H and O–H groups in total. The van der Waals surface area contributed by atoms with Crippen molar-refractivity contribution in [1.82, 2.24) is 14.9 Å². The second kappa shape index (κ2) is 9.66. The van der Waals surface area contributed by atoms with Crippen molar-refractivity contribution in [2.45, 2.75) is 32.7 Å². The molecule has 2 amide bonds. The third kappa shape index (κ3) is 6.18. The van der Waals surface area contributed by atoms with E-state index < -0.39 is 16.1 Å². The number of likely N-dealkylation sites (N-methyl/N-ethyl adjacent to an activating group) is 1. The van der Waals surface area contributed by atoms with E-state index in [-0.39, 0.29) is 30.8 Å². The summed E-state index contributed by atoms with van der Waals surface area (Å²) < 4.78 is 26.3. The summed E-state index contributed by atoms with van der Waals surface area (Å²) in [6, 6.07) is 8.62. The van der Waals surface area contributed by atoms with Gasteiger partial charge in [0.1, 0.15) is 6.04 Å². The Labute approximate surface area is 160 Å². The van der Waals surface area contributed by atoms with Crippen molar-refractivity contribution in [1.29, 1.82) is 0 Å². The summed E-state index contributed by atoms with van der Waals surface area (Å²) in [6.07, 6.45) is 2.45. The van der Waals surface area contributed by atoms with Crippen LogP contribution in [0.1, 0.15) is 32.3 Å². The van der Waals surface area contributed by atoms with Crippen LogP contribution in [0.3, 0.4) is 0 Å². The van der Waals surface area contributed by atoms with Gasteiger partial charge in [-0.3, -0.25) is 9.59 Å². The first kappa shape index (κ1) is 21.1. The molecule has 8 heteroatoms. The van der Waals surface area contributed by atoms with Crippen molar-refractivity contribution < 1.29 is 18.0 Å². The molecule has 1 atom stereocenters. The minimum absolute atomic E-state index is 0.203. The highest BCUT2D eigenvalue weighted by Gasteiger charge is 2.31. The number of amides is 2. The first-order chi connectivity index (χ1) is 12.8. The summed E-state index contributed by atoms with van der Waals surface area (Å²) in [7, 11) is -3.52. The molecule has 0 bridgehead atoms. The van der Waals surface area contributed by atoms with E-state index in [4.69, 9.17) is 0 Å². The number of sulfonamides is 1. The smallest absolute Gasteiger partial charge is 0.242 e. The summed E-state index contributed by atoms with van der Waals surface area (Å²) in [5.74, 6) is -0.714. The highest BCUT2D eigenvalue weighted by molar-refractivity contribution is 7.92. The molecule has 0 unspecified atom stereocenters. The van der Waals surface area contributed by atoms with Gasteiger partial charge in [-0.05, 0) is 38.3 Å². The monoisotopic (exact) mass is 393 g/mol. The van der Waals surface area contributed by atoms with Crippen LogP contribution in [0.2, 0.25) is 0 Å². The highest BCUT2D eigenvalue weighted by atomic mass is 32.2. The largest absolute Gasteiger partial charge is 0.355 e. The maximum atomic E-state index is 12.5. The van der Waals surface area contributed by atoms with Crippen LogP contribution in [0, 0.1) is 5.92 Å². The van der Waals surface area contributed by atoms with E-state index in [2.05, 4.69) is 10.6 Å². The van der Waals surface area contributed by atoms with E-state index in [0.717, 1.165) is 5.56 Å². The van der Waals surface area contributed by atoms with E-state index >= 15 is 0 Å². The topological polar surface area (TPSA) is 95.6 Å². The van der Waals surface area contributed by atoms with E-state index in [9.17, 15) is 18.0 Å². The number of carbonyl (C=O) groups is 2. The molecule has 1 aromatic carbocycles. The standard InChI is InChI=1S/C19H27N3O4S/c1-3-20-18(23)15(2)21-19(24)17-9-12-22(13-10-17)27(25,26)14-11-16-7-5-4-6-8-16/h4-8,11,14-15,17H,3,9-10,12-13H2,1-2H3,(H,20,23)(H,21,24)/b14-11+/t15-/m1/s1. The molecule has 1 aromatic rings. The Hall–Kier alpha value is -2.19. The van der Waals surface area contributed by atoms with Crippen LogP contribution in [0.5, 0.6) is 0 Å². The van der Waals surface area contributed by atoms with Gasteiger partial charge in [0.2, 0.25) is 21.8 Å². The second-order valence-corrected chi connectivity index (χ2v) is 8.38. The van der Waals surface area contributed by atoms with Crippen molar-refractivity contribution in [2.75, 3.05) is 19.6 Å². The Morgan fingerprint density at radius 2 is 1.85 bits per heavy atom. The van der Waals surface area contributed by atoms with Gasteiger partial charge in [-0.25, -0.2) is 8.42 Å². The third-order valence-electron chi connectivity index (χ3n) is 4.52. The van der Waals surface area contributed by atoms with Crippen LogP contribution in [0.25, 0.3) is 6.08 Å². The lowest BCUT2D eigenvalue weighted by molar-refractivity contribution is -0.131. The molecule has 0 saturated carbocycles. The summed E-state index contributed by atoms with van der Waals surface area (Å²) in [5.41, 5.74) is 0.815. The van der Waals surface area contributed by atoms with Crippen LogP contribution in [-0.4, -0.2) is 50.2 Å². The average molecular weight is 394 g/mol. The SMILES string of the molecule is CCNC(=O)[C@@H](C)NC(=O)C1CCN(S(=O)(=O)/C=C/c2ccccc2)CC1. The molecule has 0 aromatic heterocycles. The summed E-state index contributed by atoms with van der Waals surface area (Å²) >= 11 is 0. The van der Waals surface area contributed by atoms with Crippen LogP contribution in [-0.2, 0) is 19.6 Å². The van der Waals surface area contributed by atoms with E-state index in [1.54, 1.807) is 13.0 Å². The van der Waals surface area contributed by atoms with Gasteiger partial charge in [-0.2, -0.15) is 4.31 Å². The molecule has 0 aliphatic carbocycles. The summed E-state index contributed by atoms with van der Waals surface area (Å²) in [4.78, 5) is 24.0. The Balaban J connectivity index is 1.87. The van der Waals surface area contributed by atoms with Crippen LogP contribution < -0.4 is 10.6 Å². The lowest BCUT2D eigenvalue weighted by Crippen LogP contribution is -2.49. The molecule has 7 nitrogen and oxygen atoms in total. The average Bonchev–Trinajstić information content (AvgIpc) is 2.67. The molecule has 2 rings (SSSR count). The minimum atomic E-state index is -3.52. The Kier molecular flexibility index (Phi) is 7.55. The molecule has 148 valence electrons. The molecule has 1 heterocycles. The first-order valence-electron chi connectivity index (χ1n) is 9.15. The van der Waals surface area contributed by atoms with Gasteiger partial charge in [-0.1, -0.05) is 30.3 Å². The van der Waals surface area contributed by atoms with E-state index in [1.165, 1.54) is 9.71 Å². The number of piperidine rings is 1. The number of benzene rings is 1. The predicted molar refractivity (Wildman–Crippen MR) is 105 cm³/mol. The Morgan fingerprint density at radius 1 is 1.22 bits per heavy atom. The molecular formula is C19H27N3O4S. The highest BCUT2D eigenvalue weighted by Crippen LogP contribution is 2.21. The Morgan fingerprint density at radius 3 is 2.44 bits per heavy atom. The fourth-order valence-corrected chi connectivity index (χ4v) is 4.13. The maximum Gasteiger partial charge on any atom is 0.242 e. The fraction of sp³-hybridized carbons (Fsp3) is 0.474. The number of hydrogen-bond acceptors (Lipinski definition) is 4. The third-order valence-corrected chi connectivity index (χ3v) is 6.08. The first-order valence-corrected chi connectivity index (χ1v) is 10.6. The van der Waals surface area contributed by atoms with Gasteiger partial charge in [0.05, 0.1) is 0 Å². The minimum Gasteiger partial charge on any atom is -0.355 e. The van der Waals surface area contributed by atoms with Crippen molar-refractivity contribution in [3.63, 3.8) is 0 Å². The molecule has 1 aliphatic rings. The van der Waals surface area contributed by atoms with Gasteiger partial charge in [0.15, 0.2) is 0 Å². The lowest BCUT2D eigenvalue weighted by atomic mass is 9.97. The quantitative estimate of drug-likeness (QED) is 0.731. The van der Waals surface area contributed by atoms with E-state index in [1.807, 2.05) is 37.3 Å². The normalized spacial score (nSPS) is 17.6.